The number of benzene rings is 2. The van der Waals surface area contributed by atoms with E-state index in [0.29, 0.717) is 43.6 Å². The molecule has 0 spiro atoms. The van der Waals surface area contributed by atoms with Crippen LogP contribution >= 0.6 is 22.9 Å². The predicted molar refractivity (Wildman–Crippen MR) is 141 cm³/mol. The first-order chi connectivity index (χ1) is 17.3. The highest BCUT2D eigenvalue weighted by atomic mass is 35.5. The summed E-state index contributed by atoms with van der Waals surface area (Å²) in [6.07, 6.45) is 0. The van der Waals surface area contributed by atoms with Crippen molar-refractivity contribution in [1.29, 1.82) is 5.26 Å². The number of carbonyl (C=O) groups excluding carboxylic acids is 1. The number of nitrogens with zero attached hydrogens (tertiary/aromatic N) is 2. The second-order valence-corrected chi connectivity index (χ2v) is 8.98. The number of nitrogens with one attached hydrogen (secondary N) is 1. The summed E-state index contributed by atoms with van der Waals surface area (Å²) >= 11 is 7.29. The minimum absolute atomic E-state index is 0.0121. The predicted octanol–water partition coefficient (Wildman–Crippen LogP) is 4.61. The minimum Gasteiger partial charge on any atom is -0.493 e. The number of fused-ring (bicyclic) bond motifs is 1. The Morgan fingerprint density at radius 1 is 1.14 bits per heavy atom. The van der Waals surface area contributed by atoms with Gasteiger partial charge >= 0.3 is 0 Å². The van der Waals surface area contributed by atoms with E-state index in [1.807, 2.05) is 18.2 Å². The zero-order valence-corrected chi connectivity index (χ0v) is 21.2. The summed E-state index contributed by atoms with van der Waals surface area (Å²) in [7, 11) is 4.47. The van der Waals surface area contributed by atoms with Crippen LogP contribution < -0.4 is 31.0 Å². The zero-order valence-electron chi connectivity index (χ0n) is 19.6. The van der Waals surface area contributed by atoms with Crippen molar-refractivity contribution < 1.29 is 19.0 Å². The Hall–Kier alpha value is -4.20. The summed E-state index contributed by atoms with van der Waals surface area (Å²) in [6, 6.07) is 12.7. The van der Waals surface area contributed by atoms with Crippen LogP contribution in [0.2, 0.25) is 5.02 Å². The van der Waals surface area contributed by atoms with Crippen molar-refractivity contribution in [2.75, 3.05) is 32.8 Å². The van der Waals surface area contributed by atoms with Crippen LogP contribution in [0.25, 0.3) is 21.3 Å². The van der Waals surface area contributed by atoms with E-state index in [1.165, 1.54) is 21.3 Å². The lowest BCUT2D eigenvalue weighted by Gasteiger charge is -2.16. The number of pyridine rings is 1. The van der Waals surface area contributed by atoms with Crippen molar-refractivity contribution in [2.24, 2.45) is 0 Å². The Morgan fingerprint density at radius 2 is 1.81 bits per heavy atom. The van der Waals surface area contributed by atoms with Crippen LogP contribution in [0.1, 0.15) is 20.8 Å². The molecule has 5 N–H and O–H groups in total. The number of methoxy groups -OCH3 is 3. The summed E-state index contributed by atoms with van der Waals surface area (Å²) in [6.45, 7) is 0.213. The average Bonchev–Trinajstić information content (AvgIpc) is 3.21. The first-order valence-electron chi connectivity index (χ1n) is 10.6. The SMILES string of the molecule is COc1cc(-c2c(C#N)c(N)nc3sc(C(=O)NCc4ccccc4Cl)c(N)c23)cc(OC)c1OC. The van der Waals surface area contributed by atoms with E-state index in [0.717, 1.165) is 16.9 Å². The molecule has 36 heavy (non-hydrogen) atoms. The third kappa shape index (κ3) is 4.30. The molecular formula is C25H22ClN5O4S. The number of nitriles is 1. The fourth-order valence-electron chi connectivity index (χ4n) is 3.86. The van der Waals surface area contributed by atoms with Gasteiger partial charge in [0.25, 0.3) is 5.91 Å². The quantitative estimate of drug-likeness (QED) is 0.318. The summed E-state index contributed by atoms with van der Waals surface area (Å²) < 4.78 is 16.4. The van der Waals surface area contributed by atoms with Crippen LogP contribution in [-0.2, 0) is 6.54 Å². The molecule has 0 saturated heterocycles. The Kier molecular flexibility index (Phi) is 7.05. The number of thiophene rings is 1. The number of ether oxygens (including phenoxy) is 3. The molecule has 0 aliphatic carbocycles. The number of rotatable bonds is 7. The van der Waals surface area contributed by atoms with Gasteiger partial charge in [-0.2, -0.15) is 5.26 Å². The normalized spacial score (nSPS) is 10.6. The second-order valence-electron chi connectivity index (χ2n) is 7.57. The average molecular weight is 524 g/mol. The van der Waals surface area contributed by atoms with Gasteiger partial charge in [-0.05, 0) is 29.3 Å². The van der Waals surface area contributed by atoms with Gasteiger partial charge in [0.05, 0.1) is 27.0 Å². The Morgan fingerprint density at radius 3 is 2.39 bits per heavy atom. The second kappa shape index (κ2) is 10.2. The first-order valence-corrected chi connectivity index (χ1v) is 11.8. The Labute approximate surface area is 216 Å². The highest BCUT2D eigenvalue weighted by molar-refractivity contribution is 7.21. The van der Waals surface area contributed by atoms with Crippen LogP contribution in [0.5, 0.6) is 17.2 Å². The highest BCUT2D eigenvalue weighted by Crippen LogP contribution is 2.47. The molecule has 0 atom stereocenters. The molecule has 9 nitrogen and oxygen atoms in total. The molecule has 2 aromatic heterocycles. The van der Waals surface area contributed by atoms with Gasteiger partial charge in [0, 0.05) is 22.5 Å². The molecule has 0 unspecified atom stereocenters. The molecule has 4 aromatic rings. The number of anilines is 2. The summed E-state index contributed by atoms with van der Waals surface area (Å²) in [5.74, 6) is 0.761. The van der Waals surface area contributed by atoms with Crippen LogP contribution in [0.15, 0.2) is 36.4 Å². The van der Waals surface area contributed by atoms with E-state index in [-0.39, 0.29) is 28.5 Å². The van der Waals surface area contributed by atoms with Crippen LogP contribution in [0.3, 0.4) is 0 Å². The molecular weight excluding hydrogens is 502 g/mol. The molecule has 11 heteroatoms. The number of halogens is 1. The third-order valence-corrected chi connectivity index (χ3v) is 7.04. The molecule has 0 aliphatic heterocycles. The summed E-state index contributed by atoms with van der Waals surface area (Å²) in [5, 5.41) is 13.7. The first kappa shape index (κ1) is 24.9. The van der Waals surface area contributed by atoms with Crippen molar-refractivity contribution in [3.05, 3.63) is 57.4 Å². The molecule has 2 aromatic carbocycles. The molecule has 2 heterocycles. The maximum absolute atomic E-state index is 13.1. The van der Waals surface area contributed by atoms with Crippen molar-refractivity contribution in [3.63, 3.8) is 0 Å². The molecule has 0 aliphatic rings. The number of nitrogens with two attached hydrogens (primary N) is 2. The fraction of sp³-hybridized carbons (Fsp3) is 0.160. The monoisotopic (exact) mass is 523 g/mol. The lowest BCUT2D eigenvalue weighted by molar-refractivity contribution is 0.0956. The number of aromatic nitrogens is 1. The summed E-state index contributed by atoms with van der Waals surface area (Å²) in [5.41, 5.74) is 14.7. The molecule has 184 valence electrons. The minimum atomic E-state index is -0.400. The molecule has 1 amide bonds. The number of hydrogen-bond donors (Lipinski definition) is 3. The number of amides is 1. The maximum atomic E-state index is 13.1. The molecule has 0 fully saturated rings. The lowest BCUT2D eigenvalue weighted by Crippen LogP contribution is -2.22. The Balaban J connectivity index is 1.88. The molecule has 0 radical (unpaired) electrons. The highest BCUT2D eigenvalue weighted by Gasteiger charge is 2.26. The topological polar surface area (TPSA) is 146 Å². The maximum Gasteiger partial charge on any atom is 0.263 e. The van der Waals surface area contributed by atoms with E-state index < -0.39 is 5.91 Å². The fourth-order valence-corrected chi connectivity index (χ4v) is 5.09. The van der Waals surface area contributed by atoms with E-state index in [4.69, 9.17) is 37.3 Å². The number of hydrogen-bond acceptors (Lipinski definition) is 9. The zero-order chi connectivity index (χ0) is 26.0. The largest absolute Gasteiger partial charge is 0.493 e. The van der Waals surface area contributed by atoms with Crippen molar-refractivity contribution in [3.8, 4) is 34.4 Å². The van der Waals surface area contributed by atoms with Gasteiger partial charge in [0.15, 0.2) is 11.5 Å². The standard InChI is InChI=1S/C25H22ClN5O4S/c1-33-16-8-13(9-17(34-2)21(16)35-3)18-14(10-27)23(29)31-25-19(18)20(28)22(36-25)24(32)30-11-12-6-4-5-7-15(12)26/h4-9H,11,28H2,1-3H3,(H2,29,31)(H,30,32). The molecule has 0 saturated carbocycles. The van der Waals surface area contributed by atoms with E-state index in [9.17, 15) is 10.1 Å². The van der Waals surface area contributed by atoms with E-state index >= 15 is 0 Å². The lowest BCUT2D eigenvalue weighted by atomic mass is 9.96. The molecule has 4 rings (SSSR count). The van der Waals surface area contributed by atoms with E-state index in [1.54, 1.807) is 18.2 Å². The Bertz CT molecular complexity index is 1500. The van der Waals surface area contributed by atoms with Gasteiger partial charge in [-0.15, -0.1) is 11.3 Å². The van der Waals surface area contributed by atoms with Gasteiger partial charge in [-0.25, -0.2) is 4.98 Å². The van der Waals surface area contributed by atoms with Crippen LogP contribution in [-0.4, -0.2) is 32.2 Å². The third-order valence-electron chi connectivity index (χ3n) is 5.57. The smallest absolute Gasteiger partial charge is 0.263 e. The number of nitrogen functional groups attached to an aromatic ring is 2. The van der Waals surface area contributed by atoms with Gasteiger partial charge < -0.3 is 31.0 Å². The van der Waals surface area contributed by atoms with Gasteiger partial charge in [0.1, 0.15) is 27.2 Å². The van der Waals surface area contributed by atoms with Gasteiger partial charge in [0.2, 0.25) is 5.75 Å². The summed E-state index contributed by atoms with van der Waals surface area (Å²) in [4.78, 5) is 18.1. The molecule has 0 bridgehead atoms. The van der Waals surface area contributed by atoms with Gasteiger partial charge in [-0.3, -0.25) is 4.79 Å². The van der Waals surface area contributed by atoms with E-state index in [2.05, 4.69) is 16.4 Å². The van der Waals surface area contributed by atoms with Crippen molar-refractivity contribution in [1.82, 2.24) is 10.3 Å². The van der Waals surface area contributed by atoms with Crippen LogP contribution in [0.4, 0.5) is 11.5 Å². The van der Waals surface area contributed by atoms with Crippen LogP contribution in [0, 0.1) is 11.3 Å². The number of carbonyl (C=O) groups is 1. The van der Waals surface area contributed by atoms with Crippen molar-refractivity contribution >= 4 is 50.6 Å². The van der Waals surface area contributed by atoms with Gasteiger partial charge in [-0.1, -0.05) is 29.8 Å². The van der Waals surface area contributed by atoms with Crippen molar-refractivity contribution in [2.45, 2.75) is 6.54 Å².